The molecule has 0 amide bonds. The Bertz CT molecular complexity index is 1100. The fourth-order valence-electron chi connectivity index (χ4n) is 4.49. The van der Waals surface area contributed by atoms with Gasteiger partial charge in [-0.2, -0.15) is 9.29 Å². The van der Waals surface area contributed by atoms with Crippen LogP contribution in [0.25, 0.3) is 11.3 Å². The molecule has 2 saturated heterocycles. The van der Waals surface area contributed by atoms with Gasteiger partial charge in [0.05, 0.1) is 30.7 Å². The van der Waals surface area contributed by atoms with Crippen molar-refractivity contribution in [1.29, 1.82) is 0 Å². The van der Waals surface area contributed by atoms with Crippen LogP contribution in [0.4, 0.5) is 17.7 Å². The summed E-state index contributed by atoms with van der Waals surface area (Å²) in [7, 11) is -3.20. The molecule has 0 spiro atoms. The molecule has 3 aliphatic rings. The SMILES string of the molecule is CC.CC1(N2CCc3c(-c4cnc(N)nc4)nc(N4CCOCC4)nc32)CN(S(C)(=O)=O)C1. The highest BCUT2D eigenvalue weighted by Crippen LogP contribution is 2.41. The lowest BCUT2D eigenvalue weighted by atomic mass is 9.93. The minimum absolute atomic E-state index is 0.215. The largest absolute Gasteiger partial charge is 0.378 e. The van der Waals surface area contributed by atoms with Gasteiger partial charge in [-0.05, 0) is 13.3 Å². The molecule has 33 heavy (non-hydrogen) atoms. The highest BCUT2D eigenvalue weighted by molar-refractivity contribution is 7.88. The second-order valence-electron chi connectivity index (χ2n) is 8.53. The maximum atomic E-state index is 11.9. The molecular formula is C21H32N8O3S. The summed E-state index contributed by atoms with van der Waals surface area (Å²) >= 11 is 0. The van der Waals surface area contributed by atoms with E-state index in [0.717, 1.165) is 48.7 Å². The third kappa shape index (κ3) is 4.46. The highest BCUT2D eigenvalue weighted by Gasteiger charge is 2.50. The Kier molecular flexibility index (Phi) is 6.43. The number of morpholine rings is 1. The molecule has 2 fully saturated rings. The fourth-order valence-corrected chi connectivity index (χ4v) is 5.52. The summed E-state index contributed by atoms with van der Waals surface area (Å²) in [6.45, 7) is 10.4. The number of anilines is 3. The average molecular weight is 477 g/mol. The molecule has 12 heteroatoms. The monoisotopic (exact) mass is 476 g/mol. The van der Waals surface area contributed by atoms with E-state index in [2.05, 4.69) is 26.7 Å². The minimum atomic E-state index is -3.20. The van der Waals surface area contributed by atoms with Crippen LogP contribution in [0.3, 0.4) is 0 Å². The Labute approximate surface area is 195 Å². The maximum Gasteiger partial charge on any atom is 0.228 e. The van der Waals surface area contributed by atoms with Gasteiger partial charge in [0.15, 0.2) is 0 Å². The molecule has 0 aromatic carbocycles. The van der Waals surface area contributed by atoms with E-state index in [1.54, 1.807) is 12.4 Å². The molecule has 2 aromatic rings. The van der Waals surface area contributed by atoms with E-state index in [9.17, 15) is 8.42 Å². The topological polar surface area (TPSA) is 131 Å². The number of rotatable bonds is 4. The van der Waals surface area contributed by atoms with Gasteiger partial charge in [-0.1, -0.05) is 13.8 Å². The van der Waals surface area contributed by atoms with E-state index in [1.165, 1.54) is 10.6 Å². The molecule has 0 atom stereocenters. The first-order valence-electron chi connectivity index (χ1n) is 11.3. The fraction of sp³-hybridized carbons (Fsp3) is 0.619. The number of hydrogen-bond donors (Lipinski definition) is 1. The van der Waals surface area contributed by atoms with Gasteiger partial charge in [0.2, 0.25) is 21.9 Å². The summed E-state index contributed by atoms with van der Waals surface area (Å²) in [5.41, 5.74) is 8.00. The normalized spacial score (nSPS) is 20.0. The third-order valence-corrected chi connectivity index (χ3v) is 7.40. The van der Waals surface area contributed by atoms with E-state index in [1.807, 2.05) is 13.8 Å². The van der Waals surface area contributed by atoms with Gasteiger partial charge < -0.3 is 20.3 Å². The maximum absolute atomic E-state index is 11.9. The van der Waals surface area contributed by atoms with Crippen molar-refractivity contribution in [3.05, 3.63) is 18.0 Å². The number of ether oxygens (including phenoxy) is 1. The summed E-state index contributed by atoms with van der Waals surface area (Å²) in [5, 5.41) is 0. The zero-order valence-corrected chi connectivity index (χ0v) is 20.5. The van der Waals surface area contributed by atoms with E-state index >= 15 is 0 Å². The molecule has 0 unspecified atom stereocenters. The zero-order valence-electron chi connectivity index (χ0n) is 19.7. The summed E-state index contributed by atoms with van der Waals surface area (Å²) in [6.07, 6.45) is 5.40. The lowest BCUT2D eigenvalue weighted by Crippen LogP contribution is -2.69. The van der Waals surface area contributed by atoms with E-state index in [4.69, 9.17) is 20.4 Å². The Morgan fingerprint density at radius 1 is 1.06 bits per heavy atom. The van der Waals surface area contributed by atoms with E-state index < -0.39 is 10.0 Å². The molecule has 180 valence electrons. The molecule has 0 saturated carbocycles. The molecule has 2 aromatic heterocycles. The van der Waals surface area contributed by atoms with Crippen molar-refractivity contribution in [1.82, 2.24) is 24.2 Å². The Morgan fingerprint density at radius 2 is 1.70 bits per heavy atom. The molecule has 3 aliphatic heterocycles. The predicted octanol–water partition coefficient (Wildman–Crippen LogP) is 0.775. The molecule has 2 N–H and O–H groups in total. The summed E-state index contributed by atoms with van der Waals surface area (Å²) in [6, 6.07) is 0. The van der Waals surface area contributed by atoms with Crippen molar-refractivity contribution in [2.24, 2.45) is 0 Å². The molecule has 5 rings (SSSR count). The van der Waals surface area contributed by atoms with Crippen molar-refractivity contribution in [3.63, 3.8) is 0 Å². The standard InChI is InChI=1S/C19H26N8O3S.C2H6/c1-19(11-26(12-19)31(2,28)29)27-4-3-14-15(13-9-21-17(20)22-10-13)23-18(24-16(14)27)25-5-7-30-8-6-25;1-2/h9-10H,3-8,11-12H2,1-2H3,(H2,20,21,22);1-2H3. The number of aromatic nitrogens is 4. The first kappa shape index (κ1) is 23.6. The lowest BCUT2D eigenvalue weighted by Gasteiger charge is -2.52. The summed E-state index contributed by atoms with van der Waals surface area (Å²) < 4.78 is 30.8. The zero-order chi connectivity index (χ0) is 23.8. The molecule has 0 radical (unpaired) electrons. The molecule has 0 bridgehead atoms. The van der Waals surface area contributed by atoms with Gasteiger partial charge in [-0.15, -0.1) is 0 Å². The molecule has 0 aliphatic carbocycles. The second-order valence-corrected chi connectivity index (χ2v) is 10.5. The van der Waals surface area contributed by atoms with Crippen LogP contribution in [0.15, 0.2) is 12.4 Å². The summed E-state index contributed by atoms with van der Waals surface area (Å²) in [4.78, 5) is 22.5. The van der Waals surface area contributed by atoms with Crippen molar-refractivity contribution >= 4 is 27.7 Å². The van der Waals surface area contributed by atoms with Gasteiger partial charge in [-0.25, -0.2) is 23.4 Å². The third-order valence-electron chi connectivity index (χ3n) is 6.21. The van der Waals surface area contributed by atoms with Crippen LogP contribution in [0.2, 0.25) is 0 Å². The number of sulfonamides is 1. The van der Waals surface area contributed by atoms with E-state index in [0.29, 0.717) is 32.3 Å². The van der Waals surface area contributed by atoms with Crippen LogP contribution < -0.4 is 15.5 Å². The van der Waals surface area contributed by atoms with Gasteiger partial charge in [0.1, 0.15) is 5.82 Å². The van der Waals surface area contributed by atoms with Gasteiger partial charge in [0.25, 0.3) is 0 Å². The van der Waals surface area contributed by atoms with Crippen molar-refractivity contribution in [3.8, 4) is 11.3 Å². The van der Waals surface area contributed by atoms with Gasteiger partial charge in [-0.3, -0.25) is 0 Å². The van der Waals surface area contributed by atoms with Crippen LogP contribution in [-0.4, -0.2) is 90.4 Å². The lowest BCUT2D eigenvalue weighted by molar-refractivity contribution is 0.122. The van der Waals surface area contributed by atoms with Crippen LogP contribution in [-0.2, 0) is 21.2 Å². The molecule has 5 heterocycles. The first-order valence-corrected chi connectivity index (χ1v) is 13.1. The Morgan fingerprint density at radius 3 is 2.30 bits per heavy atom. The predicted molar refractivity (Wildman–Crippen MR) is 128 cm³/mol. The molecular weight excluding hydrogens is 444 g/mol. The van der Waals surface area contributed by atoms with Crippen LogP contribution in [0, 0.1) is 0 Å². The summed E-state index contributed by atoms with van der Waals surface area (Å²) in [5.74, 6) is 1.72. The first-order chi connectivity index (χ1) is 15.7. The van der Waals surface area contributed by atoms with Crippen molar-refractivity contribution < 1.29 is 13.2 Å². The van der Waals surface area contributed by atoms with E-state index in [-0.39, 0.29) is 11.5 Å². The Hall–Kier alpha value is -2.57. The van der Waals surface area contributed by atoms with Crippen LogP contribution in [0.5, 0.6) is 0 Å². The van der Waals surface area contributed by atoms with Crippen LogP contribution >= 0.6 is 0 Å². The second kappa shape index (κ2) is 8.99. The Balaban J connectivity index is 0.00000126. The average Bonchev–Trinajstić information content (AvgIpc) is 3.23. The van der Waals surface area contributed by atoms with Gasteiger partial charge in [0, 0.05) is 56.2 Å². The van der Waals surface area contributed by atoms with Crippen LogP contribution in [0.1, 0.15) is 26.3 Å². The number of nitrogens with zero attached hydrogens (tertiary/aromatic N) is 7. The number of hydrogen-bond acceptors (Lipinski definition) is 10. The number of fused-ring (bicyclic) bond motifs is 1. The number of nitrogens with two attached hydrogens (primary N) is 1. The van der Waals surface area contributed by atoms with Crippen molar-refractivity contribution in [2.45, 2.75) is 32.7 Å². The quantitative estimate of drug-likeness (QED) is 0.675. The minimum Gasteiger partial charge on any atom is -0.378 e. The highest BCUT2D eigenvalue weighted by atomic mass is 32.2. The van der Waals surface area contributed by atoms with Gasteiger partial charge >= 0.3 is 0 Å². The smallest absolute Gasteiger partial charge is 0.228 e. The van der Waals surface area contributed by atoms with Crippen molar-refractivity contribution in [2.75, 3.05) is 67.7 Å². The molecule has 11 nitrogen and oxygen atoms in total. The number of nitrogen functional groups attached to an aromatic ring is 1.